The summed E-state index contributed by atoms with van der Waals surface area (Å²) in [5.74, 6) is 0. The molecule has 0 saturated carbocycles. The number of benzene rings is 4. The van der Waals surface area contributed by atoms with E-state index in [0.717, 1.165) is 27.5 Å². The minimum Gasteiger partial charge on any atom is -0.356 e. The zero-order valence-electron chi connectivity index (χ0n) is 14.0. The van der Waals surface area contributed by atoms with Crippen LogP contribution in [0.2, 0.25) is 0 Å². The second-order valence-corrected chi connectivity index (χ2v) is 7.28. The maximum atomic E-state index is 4.73. The van der Waals surface area contributed by atoms with Crippen LogP contribution in [0.1, 0.15) is 0 Å². The Kier molecular flexibility index (Phi) is 3.65. The SMILES string of the molecule is c1ccc2cc(Nc3ccc(-c4nc5ccccc5s4)cc3)ccc2c1. The molecule has 3 heteroatoms. The Morgan fingerprint density at radius 2 is 1.38 bits per heavy atom. The Labute approximate surface area is 155 Å². The number of nitrogens with one attached hydrogen (secondary N) is 1. The Morgan fingerprint density at radius 3 is 2.23 bits per heavy atom. The van der Waals surface area contributed by atoms with Crippen LogP contribution in [0.5, 0.6) is 0 Å². The van der Waals surface area contributed by atoms with Crippen molar-refractivity contribution in [3.63, 3.8) is 0 Å². The molecule has 0 aliphatic heterocycles. The van der Waals surface area contributed by atoms with E-state index in [-0.39, 0.29) is 0 Å². The van der Waals surface area contributed by atoms with Gasteiger partial charge in [-0.2, -0.15) is 0 Å². The molecule has 0 amide bonds. The molecule has 26 heavy (non-hydrogen) atoms. The number of fused-ring (bicyclic) bond motifs is 2. The molecule has 124 valence electrons. The zero-order valence-corrected chi connectivity index (χ0v) is 14.8. The van der Waals surface area contributed by atoms with Crippen molar-refractivity contribution < 1.29 is 0 Å². The molecule has 0 fully saturated rings. The van der Waals surface area contributed by atoms with Gasteiger partial charge in [0, 0.05) is 16.9 Å². The van der Waals surface area contributed by atoms with Gasteiger partial charge >= 0.3 is 0 Å². The highest BCUT2D eigenvalue weighted by Crippen LogP contribution is 2.31. The quantitative estimate of drug-likeness (QED) is 0.383. The van der Waals surface area contributed by atoms with Crippen LogP contribution < -0.4 is 5.32 Å². The van der Waals surface area contributed by atoms with Crippen molar-refractivity contribution in [3.8, 4) is 10.6 Å². The van der Waals surface area contributed by atoms with Crippen molar-refractivity contribution in [1.29, 1.82) is 0 Å². The molecule has 1 heterocycles. The van der Waals surface area contributed by atoms with Crippen molar-refractivity contribution >= 4 is 43.7 Å². The van der Waals surface area contributed by atoms with E-state index in [4.69, 9.17) is 4.98 Å². The summed E-state index contributed by atoms with van der Waals surface area (Å²) in [4.78, 5) is 4.73. The lowest BCUT2D eigenvalue weighted by Crippen LogP contribution is -1.90. The molecule has 4 aromatic carbocycles. The van der Waals surface area contributed by atoms with Gasteiger partial charge in [0.1, 0.15) is 5.01 Å². The molecule has 1 N–H and O–H groups in total. The molecule has 0 aliphatic rings. The first-order valence-corrected chi connectivity index (χ1v) is 9.39. The Bertz CT molecular complexity index is 1170. The van der Waals surface area contributed by atoms with Crippen LogP contribution in [0.4, 0.5) is 11.4 Å². The zero-order chi connectivity index (χ0) is 17.3. The van der Waals surface area contributed by atoms with Gasteiger partial charge in [0.15, 0.2) is 0 Å². The normalized spacial score (nSPS) is 11.1. The minimum atomic E-state index is 1.06. The third-order valence-electron chi connectivity index (χ3n) is 4.46. The summed E-state index contributed by atoms with van der Waals surface area (Å²) in [5.41, 5.74) is 4.38. The number of hydrogen-bond donors (Lipinski definition) is 1. The van der Waals surface area contributed by atoms with Crippen LogP contribution in [0.15, 0.2) is 91.0 Å². The predicted octanol–water partition coefficient (Wildman–Crippen LogP) is 6.86. The van der Waals surface area contributed by atoms with Crippen molar-refractivity contribution in [2.75, 3.05) is 5.32 Å². The van der Waals surface area contributed by atoms with Gasteiger partial charge < -0.3 is 5.32 Å². The van der Waals surface area contributed by atoms with E-state index in [1.807, 2.05) is 6.07 Å². The van der Waals surface area contributed by atoms with Crippen LogP contribution in [-0.2, 0) is 0 Å². The van der Waals surface area contributed by atoms with E-state index in [9.17, 15) is 0 Å². The van der Waals surface area contributed by atoms with Crippen LogP contribution in [-0.4, -0.2) is 4.98 Å². The Morgan fingerprint density at radius 1 is 0.654 bits per heavy atom. The lowest BCUT2D eigenvalue weighted by Gasteiger charge is -2.08. The molecule has 2 nitrogen and oxygen atoms in total. The number of anilines is 2. The van der Waals surface area contributed by atoms with E-state index in [1.54, 1.807) is 11.3 Å². The summed E-state index contributed by atoms with van der Waals surface area (Å²) in [5, 5.41) is 7.04. The molecule has 0 bridgehead atoms. The number of rotatable bonds is 3. The summed E-state index contributed by atoms with van der Waals surface area (Å²) in [6.07, 6.45) is 0. The molecular formula is C23H16N2S. The molecule has 0 saturated heterocycles. The van der Waals surface area contributed by atoms with Crippen molar-refractivity contribution in [2.24, 2.45) is 0 Å². The summed E-state index contributed by atoms with van der Waals surface area (Å²) < 4.78 is 1.22. The number of hydrogen-bond acceptors (Lipinski definition) is 3. The summed E-state index contributed by atoms with van der Waals surface area (Å²) in [7, 11) is 0. The number of thiazole rings is 1. The van der Waals surface area contributed by atoms with E-state index in [1.165, 1.54) is 15.5 Å². The highest BCUT2D eigenvalue weighted by Gasteiger charge is 2.06. The second kappa shape index (κ2) is 6.28. The molecule has 0 spiro atoms. The summed E-state index contributed by atoms with van der Waals surface area (Å²) in [6.45, 7) is 0. The largest absolute Gasteiger partial charge is 0.356 e. The lowest BCUT2D eigenvalue weighted by molar-refractivity contribution is 1.47. The van der Waals surface area contributed by atoms with Gasteiger partial charge in [-0.05, 0) is 59.3 Å². The van der Waals surface area contributed by atoms with Gasteiger partial charge in [-0.25, -0.2) is 4.98 Å². The first kappa shape index (κ1) is 15.1. The van der Waals surface area contributed by atoms with Gasteiger partial charge in [0.25, 0.3) is 0 Å². The Balaban J connectivity index is 1.41. The van der Waals surface area contributed by atoms with Gasteiger partial charge in [0.2, 0.25) is 0 Å². The molecule has 1 aromatic heterocycles. The van der Waals surface area contributed by atoms with Crippen LogP contribution in [0, 0.1) is 0 Å². The van der Waals surface area contributed by atoms with E-state index in [2.05, 4.69) is 90.2 Å². The topological polar surface area (TPSA) is 24.9 Å². The van der Waals surface area contributed by atoms with Crippen LogP contribution in [0.25, 0.3) is 31.6 Å². The average Bonchev–Trinajstić information content (AvgIpc) is 3.13. The molecule has 5 aromatic rings. The second-order valence-electron chi connectivity index (χ2n) is 6.25. The molecule has 0 radical (unpaired) electrons. The number of aromatic nitrogens is 1. The predicted molar refractivity (Wildman–Crippen MR) is 112 cm³/mol. The fourth-order valence-corrected chi connectivity index (χ4v) is 4.10. The number of nitrogens with zero attached hydrogens (tertiary/aromatic N) is 1. The Hall–Kier alpha value is -3.17. The first-order valence-electron chi connectivity index (χ1n) is 8.57. The monoisotopic (exact) mass is 352 g/mol. The van der Waals surface area contributed by atoms with Gasteiger partial charge in [0.05, 0.1) is 10.2 Å². The van der Waals surface area contributed by atoms with Crippen LogP contribution in [0.3, 0.4) is 0 Å². The fraction of sp³-hybridized carbons (Fsp3) is 0. The van der Waals surface area contributed by atoms with Crippen molar-refractivity contribution in [3.05, 3.63) is 91.0 Å². The molecule has 5 rings (SSSR count). The highest BCUT2D eigenvalue weighted by atomic mass is 32.1. The van der Waals surface area contributed by atoms with Crippen molar-refractivity contribution in [1.82, 2.24) is 4.98 Å². The van der Waals surface area contributed by atoms with E-state index >= 15 is 0 Å². The summed E-state index contributed by atoms with van der Waals surface area (Å²) in [6, 6.07) is 31.6. The number of para-hydroxylation sites is 1. The highest BCUT2D eigenvalue weighted by molar-refractivity contribution is 7.21. The van der Waals surface area contributed by atoms with E-state index in [0.29, 0.717) is 0 Å². The molecule has 0 unspecified atom stereocenters. The molecular weight excluding hydrogens is 336 g/mol. The van der Waals surface area contributed by atoms with Gasteiger partial charge in [-0.15, -0.1) is 11.3 Å². The maximum absolute atomic E-state index is 4.73. The fourth-order valence-electron chi connectivity index (χ4n) is 3.13. The first-order chi connectivity index (χ1) is 12.8. The van der Waals surface area contributed by atoms with Gasteiger partial charge in [-0.1, -0.05) is 42.5 Å². The minimum absolute atomic E-state index is 1.06. The third kappa shape index (κ3) is 2.83. The van der Waals surface area contributed by atoms with Crippen molar-refractivity contribution in [2.45, 2.75) is 0 Å². The maximum Gasteiger partial charge on any atom is 0.124 e. The molecule has 0 atom stereocenters. The smallest absolute Gasteiger partial charge is 0.124 e. The van der Waals surface area contributed by atoms with Gasteiger partial charge in [-0.3, -0.25) is 0 Å². The average molecular weight is 352 g/mol. The molecule has 0 aliphatic carbocycles. The third-order valence-corrected chi connectivity index (χ3v) is 5.55. The summed E-state index contributed by atoms with van der Waals surface area (Å²) >= 11 is 1.73. The lowest BCUT2D eigenvalue weighted by atomic mass is 10.1. The van der Waals surface area contributed by atoms with E-state index < -0.39 is 0 Å². The standard InChI is InChI=1S/C23H16N2S/c1-2-6-18-15-20(14-9-16(18)5-1)24-19-12-10-17(11-13-19)23-25-21-7-3-4-8-22(21)26-23/h1-15,24H. The van der Waals surface area contributed by atoms with Crippen LogP contribution >= 0.6 is 11.3 Å².